The first kappa shape index (κ1) is 9.32. The Morgan fingerprint density at radius 1 is 1.15 bits per heavy atom. The predicted molar refractivity (Wildman–Crippen MR) is 49.9 cm³/mol. The molecule has 0 spiro atoms. The van der Waals surface area contributed by atoms with E-state index < -0.39 is 0 Å². The lowest BCUT2D eigenvalue weighted by Gasteiger charge is -2.02. The van der Waals surface area contributed by atoms with Crippen LogP contribution in [0.5, 0.6) is 11.5 Å². The number of aromatic hydroxyl groups is 2. The fourth-order valence-corrected chi connectivity index (χ4v) is 1.04. The average molecular weight is 178 g/mol. The summed E-state index contributed by atoms with van der Waals surface area (Å²) in [4.78, 5) is 10.5. The normalized spacial score (nSPS) is 10.5. The van der Waals surface area contributed by atoms with E-state index in [-0.39, 0.29) is 11.5 Å². The van der Waals surface area contributed by atoms with E-state index in [4.69, 9.17) is 10.2 Å². The van der Waals surface area contributed by atoms with Gasteiger partial charge < -0.3 is 10.2 Å². The lowest BCUT2D eigenvalue weighted by atomic mass is 10.1. The first-order valence-electron chi connectivity index (χ1n) is 3.83. The Labute approximate surface area is 76.0 Å². The highest BCUT2D eigenvalue weighted by molar-refractivity contribution is 5.83. The number of hydrogen-bond acceptors (Lipinski definition) is 3. The Morgan fingerprint density at radius 2 is 1.69 bits per heavy atom. The SMILES string of the molecule is C/C=C/c1cc(O)c(O)cc1C=O. The average Bonchev–Trinajstić information content (AvgIpc) is 2.11. The maximum atomic E-state index is 10.5. The van der Waals surface area contributed by atoms with Crippen molar-refractivity contribution in [2.24, 2.45) is 0 Å². The Bertz CT molecular complexity index is 353. The van der Waals surface area contributed by atoms with Gasteiger partial charge in [0.1, 0.15) is 0 Å². The van der Waals surface area contributed by atoms with Gasteiger partial charge in [0.15, 0.2) is 17.8 Å². The molecule has 0 heterocycles. The number of carbonyl (C=O) groups is 1. The zero-order valence-electron chi connectivity index (χ0n) is 7.19. The van der Waals surface area contributed by atoms with E-state index in [1.165, 1.54) is 12.1 Å². The monoisotopic (exact) mass is 178 g/mol. The van der Waals surface area contributed by atoms with E-state index in [2.05, 4.69) is 0 Å². The molecule has 0 fully saturated rings. The number of carbonyl (C=O) groups excluding carboxylic acids is 1. The van der Waals surface area contributed by atoms with Crippen molar-refractivity contribution >= 4 is 12.4 Å². The molecule has 0 unspecified atom stereocenters. The molecule has 0 aliphatic heterocycles. The lowest BCUT2D eigenvalue weighted by Crippen LogP contribution is -1.85. The third-order valence-corrected chi connectivity index (χ3v) is 1.65. The van der Waals surface area contributed by atoms with Crippen molar-refractivity contribution in [3.8, 4) is 11.5 Å². The van der Waals surface area contributed by atoms with Gasteiger partial charge in [0, 0.05) is 5.56 Å². The molecule has 13 heavy (non-hydrogen) atoms. The van der Waals surface area contributed by atoms with Crippen LogP contribution < -0.4 is 0 Å². The number of benzene rings is 1. The highest BCUT2D eigenvalue weighted by Gasteiger charge is 2.04. The molecule has 2 N–H and O–H groups in total. The first-order chi connectivity index (χ1) is 6.19. The fourth-order valence-electron chi connectivity index (χ4n) is 1.04. The molecule has 0 aliphatic carbocycles. The van der Waals surface area contributed by atoms with Gasteiger partial charge in [-0.1, -0.05) is 12.2 Å². The Morgan fingerprint density at radius 3 is 2.15 bits per heavy atom. The van der Waals surface area contributed by atoms with Gasteiger partial charge in [0.25, 0.3) is 0 Å². The van der Waals surface area contributed by atoms with Gasteiger partial charge in [-0.15, -0.1) is 0 Å². The third-order valence-electron chi connectivity index (χ3n) is 1.65. The van der Waals surface area contributed by atoms with Crippen LogP contribution in [0.4, 0.5) is 0 Å². The second-order valence-electron chi connectivity index (χ2n) is 2.59. The molecule has 0 saturated heterocycles. The Kier molecular flexibility index (Phi) is 2.69. The summed E-state index contributed by atoms with van der Waals surface area (Å²) in [6, 6.07) is 2.58. The molecule has 1 aromatic carbocycles. The molecule has 0 amide bonds. The van der Waals surface area contributed by atoms with Crippen molar-refractivity contribution in [1.29, 1.82) is 0 Å². The molecule has 1 rings (SSSR count). The summed E-state index contributed by atoms with van der Waals surface area (Å²) >= 11 is 0. The molecule has 3 nitrogen and oxygen atoms in total. The van der Waals surface area contributed by atoms with Crippen LogP contribution in [0.1, 0.15) is 22.8 Å². The van der Waals surface area contributed by atoms with Crippen molar-refractivity contribution in [2.45, 2.75) is 6.92 Å². The van der Waals surface area contributed by atoms with Crippen LogP contribution in [0.25, 0.3) is 6.08 Å². The molecular weight excluding hydrogens is 168 g/mol. The van der Waals surface area contributed by atoms with Crippen LogP contribution in [0.3, 0.4) is 0 Å². The van der Waals surface area contributed by atoms with Gasteiger partial charge >= 0.3 is 0 Å². The molecule has 0 aliphatic rings. The molecule has 0 radical (unpaired) electrons. The molecule has 1 aromatic rings. The molecule has 68 valence electrons. The van der Waals surface area contributed by atoms with Gasteiger partial charge in [-0.2, -0.15) is 0 Å². The maximum absolute atomic E-state index is 10.5. The van der Waals surface area contributed by atoms with Crippen LogP contribution in [-0.2, 0) is 0 Å². The number of rotatable bonds is 2. The van der Waals surface area contributed by atoms with Crippen LogP contribution in [-0.4, -0.2) is 16.5 Å². The van der Waals surface area contributed by atoms with Gasteiger partial charge in [-0.05, 0) is 24.6 Å². The van der Waals surface area contributed by atoms with Crippen molar-refractivity contribution in [3.05, 3.63) is 29.3 Å². The summed E-state index contributed by atoms with van der Waals surface area (Å²) in [6.45, 7) is 1.80. The van der Waals surface area contributed by atoms with E-state index in [9.17, 15) is 4.79 Å². The molecule has 0 aromatic heterocycles. The highest BCUT2D eigenvalue weighted by atomic mass is 16.3. The van der Waals surface area contributed by atoms with Gasteiger partial charge in [0.2, 0.25) is 0 Å². The van der Waals surface area contributed by atoms with Crippen molar-refractivity contribution in [2.75, 3.05) is 0 Å². The highest BCUT2D eigenvalue weighted by Crippen LogP contribution is 2.28. The Balaban J connectivity index is 3.32. The standard InChI is InChI=1S/C10H10O3/c1-2-3-7-4-9(12)10(13)5-8(7)6-11/h2-6,12-13H,1H3/b3-2+. The second-order valence-corrected chi connectivity index (χ2v) is 2.59. The summed E-state index contributed by atoms with van der Waals surface area (Å²) in [6.07, 6.45) is 4.07. The number of allylic oxidation sites excluding steroid dienone is 1. The summed E-state index contributed by atoms with van der Waals surface area (Å²) in [5, 5.41) is 18.2. The topological polar surface area (TPSA) is 57.5 Å². The van der Waals surface area contributed by atoms with Crippen LogP contribution in [0.2, 0.25) is 0 Å². The lowest BCUT2D eigenvalue weighted by molar-refractivity contribution is 0.112. The quantitative estimate of drug-likeness (QED) is 0.537. The zero-order chi connectivity index (χ0) is 9.84. The summed E-state index contributed by atoms with van der Waals surface area (Å²) < 4.78 is 0. The molecule has 0 atom stereocenters. The van der Waals surface area contributed by atoms with E-state index in [1.54, 1.807) is 19.1 Å². The van der Waals surface area contributed by atoms with Gasteiger partial charge in [-0.25, -0.2) is 0 Å². The van der Waals surface area contributed by atoms with Crippen LogP contribution in [0, 0.1) is 0 Å². The summed E-state index contributed by atoms with van der Waals surface area (Å²) in [5.41, 5.74) is 0.946. The number of phenolic OH excluding ortho intramolecular Hbond substituents is 2. The molecular formula is C10H10O3. The van der Waals surface area contributed by atoms with Crippen LogP contribution >= 0.6 is 0 Å². The van der Waals surface area contributed by atoms with E-state index >= 15 is 0 Å². The minimum Gasteiger partial charge on any atom is -0.504 e. The van der Waals surface area contributed by atoms with Crippen molar-refractivity contribution in [1.82, 2.24) is 0 Å². The zero-order valence-corrected chi connectivity index (χ0v) is 7.19. The fraction of sp³-hybridized carbons (Fsp3) is 0.100. The van der Waals surface area contributed by atoms with E-state index in [0.717, 1.165) is 0 Å². The second kappa shape index (κ2) is 3.76. The van der Waals surface area contributed by atoms with Crippen molar-refractivity contribution in [3.63, 3.8) is 0 Å². The third kappa shape index (κ3) is 1.87. The number of aldehydes is 1. The maximum Gasteiger partial charge on any atom is 0.158 e. The minimum absolute atomic E-state index is 0.223. The number of hydrogen-bond donors (Lipinski definition) is 2. The number of phenols is 2. The first-order valence-corrected chi connectivity index (χ1v) is 3.83. The molecule has 0 saturated carbocycles. The van der Waals surface area contributed by atoms with Gasteiger partial charge in [0.05, 0.1) is 0 Å². The Hall–Kier alpha value is -1.77. The molecule has 3 heteroatoms. The largest absolute Gasteiger partial charge is 0.504 e. The van der Waals surface area contributed by atoms with Gasteiger partial charge in [-0.3, -0.25) is 4.79 Å². The van der Waals surface area contributed by atoms with Crippen LogP contribution in [0.15, 0.2) is 18.2 Å². The molecule has 0 bridgehead atoms. The summed E-state index contributed by atoms with van der Waals surface area (Å²) in [7, 11) is 0. The smallest absolute Gasteiger partial charge is 0.158 e. The van der Waals surface area contributed by atoms with Crippen molar-refractivity contribution < 1.29 is 15.0 Å². The van der Waals surface area contributed by atoms with E-state index in [0.29, 0.717) is 17.4 Å². The van der Waals surface area contributed by atoms with E-state index in [1.807, 2.05) is 0 Å². The minimum atomic E-state index is -0.282. The predicted octanol–water partition coefficient (Wildman–Crippen LogP) is 1.94. The summed E-state index contributed by atoms with van der Waals surface area (Å²) in [5.74, 6) is -0.506.